The predicted octanol–water partition coefficient (Wildman–Crippen LogP) is 13.1. The number of pyridine rings is 4. The summed E-state index contributed by atoms with van der Waals surface area (Å²) < 4.78 is 2.14. The van der Waals surface area contributed by atoms with Crippen LogP contribution in [0.5, 0.6) is 0 Å². The number of para-hydroxylation sites is 1. The van der Waals surface area contributed by atoms with Crippen LogP contribution in [0.25, 0.3) is 115 Å². The Kier molecular flexibility index (Phi) is 6.86. The van der Waals surface area contributed by atoms with Gasteiger partial charge in [-0.3, -0.25) is 9.97 Å². The maximum atomic E-state index is 5.29. The molecule has 5 heteroatoms. The van der Waals surface area contributed by atoms with Crippen LogP contribution in [0.15, 0.2) is 189 Å². The first-order valence-electron chi connectivity index (χ1n) is 19.2. The quantitative estimate of drug-likeness (QED) is 0.134. The highest BCUT2D eigenvalue weighted by molar-refractivity contribution is 6.24. The molecule has 0 bridgehead atoms. The lowest BCUT2D eigenvalue weighted by Gasteiger charge is -2.19. The van der Waals surface area contributed by atoms with Crippen molar-refractivity contribution in [3.8, 4) is 44.8 Å². The number of imidazole rings is 1. The van der Waals surface area contributed by atoms with Gasteiger partial charge in [0, 0.05) is 62.8 Å². The minimum absolute atomic E-state index is 0.915. The molecule has 0 N–H and O–H groups in total. The van der Waals surface area contributed by atoms with Gasteiger partial charge in [-0.25, -0.2) is 9.97 Å². The average Bonchev–Trinajstić information content (AvgIpc) is 3.73. The van der Waals surface area contributed by atoms with Gasteiger partial charge < -0.3 is 4.40 Å². The van der Waals surface area contributed by atoms with Crippen LogP contribution in [0.1, 0.15) is 0 Å². The van der Waals surface area contributed by atoms with Gasteiger partial charge in [0.1, 0.15) is 5.65 Å². The number of aromatic nitrogens is 5. The molecule has 264 valence electrons. The summed E-state index contributed by atoms with van der Waals surface area (Å²) in [5.74, 6) is 0. The molecule has 5 nitrogen and oxygen atoms in total. The van der Waals surface area contributed by atoms with E-state index < -0.39 is 0 Å². The molecule has 12 aromatic rings. The van der Waals surface area contributed by atoms with Crippen molar-refractivity contribution < 1.29 is 0 Å². The molecule has 0 aliphatic heterocycles. The van der Waals surface area contributed by atoms with Gasteiger partial charge >= 0.3 is 0 Å². The summed E-state index contributed by atoms with van der Waals surface area (Å²) in [6.07, 6.45) is 7.99. The van der Waals surface area contributed by atoms with Crippen molar-refractivity contribution in [3.05, 3.63) is 189 Å². The highest BCUT2D eigenvalue weighted by atomic mass is 15.0. The Morgan fingerprint density at radius 2 is 1.07 bits per heavy atom. The van der Waals surface area contributed by atoms with E-state index in [-0.39, 0.29) is 0 Å². The zero-order valence-electron chi connectivity index (χ0n) is 30.6. The molecule has 5 aromatic heterocycles. The molecule has 0 spiro atoms. The monoisotopic (exact) mass is 725 g/mol. The molecule has 0 fully saturated rings. The van der Waals surface area contributed by atoms with E-state index in [2.05, 4.69) is 168 Å². The van der Waals surface area contributed by atoms with Gasteiger partial charge in [-0.05, 0) is 68.1 Å². The highest BCUT2D eigenvalue weighted by Crippen LogP contribution is 2.46. The average molecular weight is 726 g/mol. The molecule has 0 saturated carbocycles. The second kappa shape index (κ2) is 12.4. The van der Waals surface area contributed by atoms with Crippen LogP contribution in [0, 0.1) is 0 Å². The van der Waals surface area contributed by atoms with Crippen molar-refractivity contribution >= 4 is 70.7 Å². The Hall–Kier alpha value is -7.76. The van der Waals surface area contributed by atoms with Crippen LogP contribution in [0.3, 0.4) is 0 Å². The Labute approximate surface area is 327 Å². The van der Waals surface area contributed by atoms with Crippen LogP contribution in [0.4, 0.5) is 0 Å². The molecule has 12 rings (SSSR count). The van der Waals surface area contributed by atoms with Crippen LogP contribution >= 0.6 is 0 Å². The van der Waals surface area contributed by atoms with Crippen LogP contribution < -0.4 is 0 Å². The fraction of sp³-hybridized carbons (Fsp3) is 0. The third-order valence-corrected chi connectivity index (χ3v) is 11.5. The van der Waals surface area contributed by atoms with Crippen LogP contribution in [0.2, 0.25) is 0 Å². The Bertz CT molecular complexity index is 3510. The van der Waals surface area contributed by atoms with Crippen molar-refractivity contribution in [2.24, 2.45) is 0 Å². The molecule has 0 aliphatic rings. The number of benzene rings is 7. The predicted molar refractivity (Wildman–Crippen MR) is 235 cm³/mol. The zero-order chi connectivity index (χ0) is 37.5. The van der Waals surface area contributed by atoms with Crippen LogP contribution in [-0.4, -0.2) is 24.3 Å². The molecule has 0 atom stereocenters. The van der Waals surface area contributed by atoms with Gasteiger partial charge in [0.15, 0.2) is 0 Å². The van der Waals surface area contributed by atoms with E-state index >= 15 is 0 Å². The van der Waals surface area contributed by atoms with Gasteiger partial charge in [-0.15, -0.1) is 0 Å². The van der Waals surface area contributed by atoms with Gasteiger partial charge in [-0.2, -0.15) is 0 Å². The van der Waals surface area contributed by atoms with Crippen molar-refractivity contribution in [1.29, 1.82) is 0 Å². The van der Waals surface area contributed by atoms with Gasteiger partial charge in [0.25, 0.3) is 0 Å². The van der Waals surface area contributed by atoms with Crippen molar-refractivity contribution in [2.45, 2.75) is 0 Å². The first-order chi connectivity index (χ1) is 28.3. The van der Waals surface area contributed by atoms with Gasteiger partial charge in [0.2, 0.25) is 0 Å². The normalized spacial score (nSPS) is 11.9. The summed E-state index contributed by atoms with van der Waals surface area (Å²) in [4.78, 5) is 20.1. The molecule has 5 heterocycles. The molecular weight excluding hydrogens is 695 g/mol. The van der Waals surface area contributed by atoms with Gasteiger partial charge in [-0.1, -0.05) is 140 Å². The molecule has 0 aliphatic carbocycles. The topological polar surface area (TPSA) is 56.0 Å². The summed E-state index contributed by atoms with van der Waals surface area (Å²) in [5, 5.41) is 10.2. The lowest BCUT2D eigenvalue weighted by atomic mass is 9.85. The van der Waals surface area contributed by atoms with E-state index in [1.54, 1.807) is 0 Å². The minimum Gasteiger partial charge on any atom is -0.306 e. The van der Waals surface area contributed by atoms with Crippen LogP contribution in [-0.2, 0) is 0 Å². The lowest BCUT2D eigenvalue weighted by molar-refractivity contribution is 1.20. The minimum atomic E-state index is 0.915. The summed E-state index contributed by atoms with van der Waals surface area (Å²) >= 11 is 0. The van der Waals surface area contributed by atoms with Gasteiger partial charge in [0.05, 0.1) is 27.9 Å². The van der Waals surface area contributed by atoms with E-state index in [0.29, 0.717) is 0 Å². The third-order valence-electron chi connectivity index (χ3n) is 11.5. The lowest BCUT2D eigenvalue weighted by Crippen LogP contribution is -1.94. The SMILES string of the molecule is c1ccc(-c2cn3ccc4c(-c5ccc(-c6c7ccccc7c(-c7ccnc8c7ccc7cccnc78)c7ccccc67)cc5)nc5ccccc5c4c3n2)cc1. The summed E-state index contributed by atoms with van der Waals surface area (Å²) in [6.45, 7) is 0. The first-order valence-corrected chi connectivity index (χ1v) is 19.2. The second-order valence-corrected chi connectivity index (χ2v) is 14.6. The summed E-state index contributed by atoms with van der Waals surface area (Å²) in [6, 6.07) is 58.1. The molecule has 0 radical (unpaired) electrons. The van der Waals surface area contributed by atoms with Crippen molar-refractivity contribution in [1.82, 2.24) is 24.3 Å². The number of nitrogens with zero attached hydrogens (tertiary/aromatic N) is 5. The number of hydrogen-bond donors (Lipinski definition) is 0. The van der Waals surface area contributed by atoms with E-state index in [4.69, 9.17) is 19.9 Å². The molecule has 57 heavy (non-hydrogen) atoms. The van der Waals surface area contributed by atoms with Crippen molar-refractivity contribution in [2.75, 3.05) is 0 Å². The fourth-order valence-corrected chi connectivity index (χ4v) is 8.94. The Balaban J connectivity index is 1.05. The van der Waals surface area contributed by atoms with E-state index in [1.807, 2.05) is 24.5 Å². The van der Waals surface area contributed by atoms with Crippen molar-refractivity contribution in [3.63, 3.8) is 0 Å². The van der Waals surface area contributed by atoms with E-state index in [1.165, 1.54) is 32.7 Å². The molecule has 0 saturated heterocycles. The maximum absolute atomic E-state index is 5.29. The molecular formula is C52H31N5. The fourth-order valence-electron chi connectivity index (χ4n) is 8.94. The Morgan fingerprint density at radius 1 is 0.404 bits per heavy atom. The Morgan fingerprint density at radius 3 is 1.84 bits per heavy atom. The largest absolute Gasteiger partial charge is 0.306 e. The smallest absolute Gasteiger partial charge is 0.146 e. The number of rotatable bonds is 4. The highest BCUT2D eigenvalue weighted by Gasteiger charge is 2.20. The summed E-state index contributed by atoms with van der Waals surface area (Å²) in [5.41, 5.74) is 12.5. The first kappa shape index (κ1) is 31.6. The zero-order valence-corrected chi connectivity index (χ0v) is 30.6. The maximum Gasteiger partial charge on any atom is 0.146 e. The molecule has 7 aromatic carbocycles. The number of hydrogen-bond acceptors (Lipinski definition) is 4. The second-order valence-electron chi connectivity index (χ2n) is 14.6. The molecule has 0 amide bonds. The molecule has 0 unspecified atom stereocenters. The summed E-state index contributed by atoms with van der Waals surface area (Å²) in [7, 11) is 0. The third kappa shape index (κ3) is 4.82. The van der Waals surface area contributed by atoms with E-state index in [0.717, 1.165) is 82.8 Å². The van der Waals surface area contributed by atoms with E-state index in [9.17, 15) is 0 Å². The standard InChI is InChI=1S/C52H31N5/c1-2-11-32(12-3-1)45-31-57-30-27-43-48(52(57)56-45)42-18-8-9-19-44(42)55-49(43)35-22-20-33(21-23-35)46-36-14-4-6-16-38(36)47(39-17-7-5-15-37(39)46)40-26-29-54-51-41(40)25-24-34-13-10-28-53-50(34)51/h1-31H. The number of fused-ring (bicyclic) bond motifs is 10.